The zero-order valence-corrected chi connectivity index (χ0v) is 24.4. The molecule has 0 unspecified atom stereocenters. The summed E-state index contributed by atoms with van der Waals surface area (Å²) in [6, 6.07) is 23.4. The number of carbonyl (C=O) groups is 1. The van der Waals surface area contributed by atoms with Crippen LogP contribution in [0.25, 0.3) is 22.0 Å². The minimum atomic E-state index is -0.303. The number of nitrogens with zero attached hydrogens (tertiary/aromatic N) is 3. The van der Waals surface area contributed by atoms with E-state index in [-0.39, 0.29) is 24.1 Å². The van der Waals surface area contributed by atoms with E-state index in [1.54, 1.807) is 5.01 Å². The molecule has 0 saturated heterocycles. The standard InChI is InChI=1S/C30H28Br2N4O2/c1-3-35(4-2)18-27(37)36-26(19-10-12-21(31)13-11-19)17-25(34-36)29-28(20-8-6-5-7-9-20)23-16-22(32)14-15-24(23)33-30(29)38/h5-16,26H,3-4,17-18H2,1-2H3,(H,33,38)/t26-/m0/s1. The molecule has 1 N–H and O–H groups in total. The summed E-state index contributed by atoms with van der Waals surface area (Å²) in [6.45, 7) is 5.89. The molecule has 1 amide bonds. The highest BCUT2D eigenvalue weighted by Crippen LogP contribution is 2.37. The van der Waals surface area contributed by atoms with Gasteiger partial charge in [0, 0.05) is 31.8 Å². The van der Waals surface area contributed by atoms with Crippen LogP contribution in [0.5, 0.6) is 0 Å². The number of carbonyl (C=O) groups excluding carboxylic acids is 1. The highest BCUT2D eigenvalue weighted by atomic mass is 79.9. The van der Waals surface area contributed by atoms with Gasteiger partial charge in [-0.2, -0.15) is 5.10 Å². The van der Waals surface area contributed by atoms with Crippen LogP contribution in [0.2, 0.25) is 0 Å². The van der Waals surface area contributed by atoms with Crippen LogP contribution in [-0.2, 0) is 4.79 Å². The minimum absolute atomic E-state index is 0.0853. The molecular weight excluding hydrogens is 608 g/mol. The molecule has 194 valence electrons. The number of hydrogen-bond donors (Lipinski definition) is 1. The Labute approximate surface area is 238 Å². The SMILES string of the molecule is CCN(CC)CC(=O)N1N=C(c2c(-c3ccccc3)c3cc(Br)ccc3[nH]c2=O)C[C@H]1c1ccc(Br)cc1. The molecule has 0 fully saturated rings. The van der Waals surface area contributed by atoms with Crippen molar-refractivity contribution in [3.8, 4) is 11.1 Å². The van der Waals surface area contributed by atoms with Crippen LogP contribution >= 0.6 is 31.9 Å². The summed E-state index contributed by atoms with van der Waals surface area (Å²) in [6.07, 6.45) is 0.439. The fraction of sp³-hybridized carbons (Fsp3) is 0.233. The van der Waals surface area contributed by atoms with Gasteiger partial charge < -0.3 is 4.98 Å². The molecule has 1 aliphatic heterocycles. The van der Waals surface area contributed by atoms with Crippen molar-refractivity contribution in [3.05, 3.63) is 103 Å². The Hall–Kier alpha value is -3.07. The van der Waals surface area contributed by atoms with Gasteiger partial charge in [-0.1, -0.05) is 88.2 Å². The molecule has 0 aliphatic carbocycles. The lowest BCUT2D eigenvalue weighted by molar-refractivity contribution is -0.134. The number of aromatic amines is 1. The van der Waals surface area contributed by atoms with E-state index < -0.39 is 0 Å². The van der Waals surface area contributed by atoms with Crippen LogP contribution in [0.4, 0.5) is 0 Å². The van der Waals surface area contributed by atoms with Gasteiger partial charge in [-0.3, -0.25) is 14.5 Å². The van der Waals surface area contributed by atoms with Gasteiger partial charge in [0.2, 0.25) is 0 Å². The molecule has 0 bridgehead atoms. The molecule has 1 aromatic heterocycles. The highest BCUT2D eigenvalue weighted by molar-refractivity contribution is 9.10. The molecule has 6 nitrogen and oxygen atoms in total. The van der Waals surface area contributed by atoms with Crippen LogP contribution < -0.4 is 5.56 Å². The number of rotatable bonds is 7. The van der Waals surface area contributed by atoms with Gasteiger partial charge in [0.1, 0.15) is 0 Å². The number of aromatic nitrogens is 1. The Morgan fingerprint density at radius 1 is 0.974 bits per heavy atom. The zero-order valence-electron chi connectivity index (χ0n) is 21.2. The summed E-state index contributed by atoms with van der Waals surface area (Å²) in [7, 11) is 0. The van der Waals surface area contributed by atoms with Gasteiger partial charge in [0.05, 0.1) is 23.9 Å². The van der Waals surface area contributed by atoms with Gasteiger partial charge >= 0.3 is 0 Å². The number of amides is 1. The molecule has 5 rings (SSSR count). The molecule has 4 aromatic rings. The summed E-state index contributed by atoms with van der Waals surface area (Å²) in [4.78, 5) is 32.4. The average Bonchev–Trinajstić information content (AvgIpc) is 3.37. The second-order valence-corrected chi connectivity index (χ2v) is 11.1. The topological polar surface area (TPSA) is 68.8 Å². The first kappa shape index (κ1) is 26.5. The Kier molecular flexibility index (Phi) is 7.93. The fourth-order valence-corrected chi connectivity index (χ4v) is 5.62. The number of likely N-dealkylation sites (N-methyl/N-ethyl adjacent to an activating group) is 1. The van der Waals surface area contributed by atoms with E-state index in [0.717, 1.165) is 49.6 Å². The molecule has 8 heteroatoms. The molecule has 0 spiro atoms. The van der Waals surface area contributed by atoms with E-state index in [1.807, 2.05) is 86.6 Å². The van der Waals surface area contributed by atoms with Gasteiger partial charge in [-0.05, 0) is 54.5 Å². The number of pyridine rings is 1. The lowest BCUT2D eigenvalue weighted by Crippen LogP contribution is -2.38. The van der Waals surface area contributed by atoms with Gasteiger partial charge in [-0.25, -0.2) is 5.01 Å². The zero-order chi connectivity index (χ0) is 26.8. The molecule has 1 aliphatic rings. The van der Waals surface area contributed by atoms with Gasteiger partial charge in [0.25, 0.3) is 11.5 Å². The van der Waals surface area contributed by atoms with Crippen molar-refractivity contribution in [2.45, 2.75) is 26.3 Å². The van der Waals surface area contributed by atoms with E-state index in [4.69, 9.17) is 5.10 Å². The van der Waals surface area contributed by atoms with Crippen molar-refractivity contribution >= 4 is 54.4 Å². The van der Waals surface area contributed by atoms with E-state index >= 15 is 0 Å². The lowest BCUT2D eigenvalue weighted by atomic mass is 9.91. The molecule has 2 heterocycles. The van der Waals surface area contributed by atoms with Crippen molar-refractivity contribution < 1.29 is 4.79 Å². The molecule has 38 heavy (non-hydrogen) atoms. The first-order valence-electron chi connectivity index (χ1n) is 12.7. The maximum Gasteiger partial charge on any atom is 0.258 e. The second kappa shape index (κ2) is 11.4. The Morgan fingerprint density at radius 2 is 1.66 bits per heavy atom. The van der Waals surface area contributed by atoms with E-state index in [0.29, 0.717) is 17.7 Å². The Morgan fingerprint density at radius 3 is 2.34 bits per heavy atom. The summed E-state index contributed by atoms with van der Waals surface area (Å²) in [5.41, 5.74) is 4.35. The van der Waals surface area contributed by atoms with Crippen LogP contribution in [0.1, 0.15) is 37.4 Å². The number of nitrogens with one attached hydrogen (secondary N) is 1. The Bertz CT molecular complexity index is 1560. The number of benzene rings is 3. The number of hydrazone groups is 1. The average molecular weight is 636 g/mol. The summed E-state index contributed by atoms with van der Waals surface area (Å²) in [5.74, 6) is -0.0853. The first-order chi connectivity index (χ1) is 18.4. The third-order valence-electron chi connectivity index (χ3n) is 7.00. The van der Waals surface area contributed by atoms with Crippen LogP contribution in [0, 0.1) is 0 Å². The van der Waals surface area contributed by atoms with Crippen molar-refractivity contribution in [1.82, 2.24) is 14.9 Å². The van der Waals surface area contributed by atoms with Gasteiger partial charge in [-0.15, -0.1) is 0 Å². The third kappa shape index (κ3) is 5.25. The van der Waals surface area contributed by atoms with E-state index in [1.165, 1.54) is 0 Å². The lowest BCUT2D eigenvalue weighted by Gasteiger charge is -2.25. The van der Waals surface area contributed by atoms with Gasteiger partial charge in [0.15, 0.2) is 0 Å². The fourth-order valence-electron chi connectivity index (χ4n) is 4.99. The number of hydrogen-bond acceptors (Lipinski definition) is 4. The largest absolute Gasteiger partial charge is 0.321 e. The maximum atomic E-state index is 13.7. The molecular formula is C30H28Br2N4O2. The number of halogens is 2. The molecule has 1 atom stereocenters. The predicted octanol–water partition coefficient (Wildman–Crippen LogP) is 6.74. The van der Waals surface area contributed by atoms with E-state index in [2.05, 4.69) is 41.7 Å². The smallest absolute Gasteiger partial charge is 0.258 e. The van der Waals surface area contributed by atoms with Crippen molar-refractivity contribution in [2.75, 3.05) is 19.6 Å². The molecule has 0 radical (unpaired) electrons. The van der Waals surface area contributed by atoms with Crippen molar-refractivity contribution in [2.24, 2.45) is 5.10 Å². The van der Waals surface area contributed by atoms with Crippen molar-refractivity contribution in [3.63, 3.8) is 0 Å². The summed E-state index contributed by atoms with van der Waals surface area (Å²) >= 11 is 7.10. The second-order valence-electron chi connectivity index (χ2n) is 9.28. The summed E-state index contributed by atoms with van der Waals surface area (Å²) < 4.78 is 1.88. The minimum Gasteiger partial charge on any atom is -0.321 e. The number of H-pyrrole nitrogens is 1. The Balaban J connectivity index is 1.69. The molecule has 3 aromatic carbocycles. The van der Waals surface area contributed by atoms with E-state index in [9.17, 15) is 9.59 Å². The maximum absolute atomic E-state index is 13.7. The predicted molar refractivity (Wildman–Crippen MR) is 160 cm³/mol. The van der Waals surface area contributed by atoms with Crippen LogP contribution in [0.15, 0.2) is 91.6 Å². The van der Waals surface area contributed by atoms with Crippen LogP contribution in [-0.4, -0.2) is 46.1 Å². The normalized spacial score (nSPS) is 15.3. The quantitative estimate of drug-likeness (QED) is 0.245. The van der Waals surface area contributed by atoms with Crippen LogP contribution in [0.3, 0.4) is 0 Å². The monoisotopic (exact) mass is 634 g/mol. The third-order valence-corrected chi connectivity index (χ3v) is 8.02. The molecule has 0 saturated carbocycles. The van der Waals surface area contributed by atoms with Crippen molar-refractivity contribution in [1.29, 1.82) is 0 Å². The summed E-state index contributed by atoms with van der Waals surface area (Å²) in [5, 5.41) is 7.36. The highest BCUT2D eigenvalue weighted by Gasteiger charge is 2.35. The number of fused-ring (bicyclic) bond motifs is 1. The first-order valence-corrected chi connectivity index (χ1v) is 14.3.